The molecule has 0 aliphatic heterocycles. The summed E-state index contributed by atoms with van der Waals surface area (Å²) in [6, 6.07) is 5.68. The van der Waals surface area contributed by atoms with Crippen LogP contribution in [-0.2, 0) is 0 Å². The van der Waals surface area contributed by atoms with E-state index in [-0.39, 0.29) is 0 Å². The monoisotopic (exact) mass is 237 g/mol. The van der Waals surface area contributed by atoms with Gasteiger partial charge in [-0.05, 0) is 12.5 Å². The average Bonchev–Trinajstić information content (AvgIpc) is 2.25. The van der Waals surface area contributed by atoms with Gasteiger partial charge in [-0.25, -0.2) is 0 Å². The van der Waals surface area contributed by atoms with Crippen LogP contribution < -0.4 is 0 Å². The summed E-state index contributed by atoms with van der Waals surface area (Å²) in [4.78, 5) is 4.90. The molecule has 0 aromatic carbocycles. The Morgan fingerprint density at radius 2 is 2.13 bits per heavy atom. The molecule has 0 saturated heterocycles. The van der Waals surface area contributed by atoms with E-state index in [1.807, 2.05) is 18.2 Å². The molecule has 0 bridgehead atoms. The van der Waals surface area contributed by atoms with Gasteiger partial charge in [-0.1, -0.05) is 11.6 Å². The number of aromatic nitrogens is 1. The third-order valence-corrected chi connectivity index (χ3v) is 2.87. The first-order valence-electron chi connectivity index (χ1n) is 4.29. The number of hydrogen-bond acceptors (Lipinski definition) is 4. The SMILES string of the molecule is N#CC(C#N)CCSc1cncc(Cl)c1. The zero-order chi connectivity index (χ0) is 11.1. The number of rotatable bonds is 4. The first kappa shape index (κ1) is 11.8. The van der Waals surface area contributed by atoms with Crippen molar-refractivity contribution in [1.29, 1.82) is 10.5 Å². The summed E-state index contributed by atoms with van der Waals surface area (Å²) in [5.41, 5.74) is 0. The maximum absolute atomic E-state index is 8.55. The van der Waals surface area contributed by atoms with Gasteiger partial charge >= 0.3 is 0 Å². The van der Waals surface area contributed by atoms with E-state index in [9.17, 15) is 0 Å². The van der Waals surface area contributed by atoms with Crippen molar-refractivity contribution < 1.29 is 0 Å². The van der Waals surface area contributed by atoms with Crippen molar-refractivity contribution in [2.75, 3.05) is 5.75 Å². The normalized spacial score (nSPS) is 9.60. The van der Waals surface area contributed by atoms with Gasteiger partial charge in [0.2, 0.25) is 0 Å². The van der Waals surface area contributed by atoms with E-state index in [1.165, 1.54) is 0 Å². The number of pyridine rings is 1. The number of halogens is 1. The molecular weight excluding hydrogens is 230 g/mol. The molecule has 5 heteroatoms. The minimum Gasteiger partial charge on any atom is -0.262 e. The summed E-state index contributed by atoms with van der Waals surface area (Å²) in [7, 11) is 0. The van der Waals surface area contributed by atoms with Crippen LogP contribution in [0.3, 0.4) is 0 Å². The summed E-state index contributed by atoms with van der Waals surface area (Å²) in [5.74, 6) is 0.193. The van der Waals surface area contributed by atoms with Crippen molar-refractivity contribution in [2.45, 2.75) is 11.3 Å². The van der Waals surface area contributed by atoms with E-state index in [4.69, 9.17) is 22.1 Å². The Hall–Kier alpha value is -1.23. The molecule has 3 nitrogen and oxygen atoms in total. The molecule has 0 atom stereocenters. The molecule has 0 N–H and O–H groups in total. The summed E-state index contributed by atoms with van der Waals surface area (Å²) in [5, 5.41) is 17.7. The molecule has 1 aromatic rings. The highest BCUT2D eigenvalue weighted by atomic mass is 35.5. The van der Waals surface area contributed by atoms with Crippen LogP contribution in [0, 0.1) is 28.6 Å². The Labute approximate surface area is 97.7 Å². The van der Waals surface area contributed by atoms with Crippen LogP contribution in [0.15, 0.2) is 23.4 Å². The quantitative estimate of drug-likeness (QED) is 0.756. The van der Waals surface area contributed by atoms with Crippen molar-refractivity contribution in [3.63, 3.8) is 0 Å². The molecule has 15 heavy (non-hydrogen) atoms. The Morgan fingerprint density at radius 3 is 2.73 bits per heavy atom. The van der Waals surface area contributed by atoms with Gasteiger partial charge in [0.1, 0.15) is 5.92 Å². The summed E-state index contributed by atoms with van der Waals surface area (Å²) in [6.07, 6.45) is 3.84. The van der Waals surface area contributed by atoms with Gasteiger partial charge in [-0.2, -0.15) is 10.5 Å². The predicted octanol–water partition coefficient (Wildman–Crippen LogP) is 2.88. The van der Waals surface area contributed by atoms with E-state index in [0.717, 1.165) is 4.90 Å². The van der Waals surface area contributed by atoms with E-state index < -0.39 is 5.92 Å². The minimum absolute atomic E-state index is 0.523. The molecule has 0 spiro atoms. The van der Waals surface area contributed by atoms with E-state index >= 15 is 0 Å². The summed E-state index contributed by atoms with van der Waals surface area (Å²) in [6.45, 7) is 0. The summed E-state index contributed by atoms with van der Waals surface area (Å²) >= 11 is 7.30. The number of nitriles is 2. The van der Waals surface area contributed by atoms with Crippen molar-refractivity contribution in [3.8, 4) is 12.1 Å². The fourth-order valence-corrected chi connectivity index (χ4v) is 2.10. The lowest BCUT2D eigenvalue weighted by atomic mass is 10.1. The van der Waals surface area contributed by atoms with Gasteiger partial charge < -0.3 is 0 Å². The zero-order valence-corrected chi connectivity index (χ0v) is 9.42. The number of nitrogens with zero attached hydrogens (tertiary/aromatic N) is 3. The number of thioether (sulfide) groups is 1. The largest absolute Gasteiger partial charge is 0.262 e. The lowest BCUT2D eigenvalue weighted by Gasteiger charge is -2.01. The second-order valence-corrected chi connectivity index (χ2v) is 4.39. The molecule has 0 fully saturated rings. The Morgan fingerprint density at radius 1 is 1.40 bits per heavy atom. The molecule has 0 aliphatic carbocycles. The highest BCUT2D eigenvalue weighted by Crippen LogP contribution is 2.21. The molecular formula is C10H8ClN3S. The predicted molar refractivity (Wildman–Crippen MR) is 59.3 cm³/mol. The zero-order valence-electron chi connectivity index (χ0n) is 7.85. The molecule has 1 rings (SSSR count). The lowest BCUT2D eigenvalue weighted by Crippen LogP contribution is -1.94. The van der Waals surface area contributed by atoms with E-state index in [0.29, 0.717) is 17.2 Å². The molecule has 0 amide bonds. The minimum atomic E-state index is -0.523. The van der Waals surface area contributed by atoms with Crippen LogP contribution in [-0.4, -0.2) is 10.7 Å². The maximum atomic E-state index is 8.55. The van der Waals surface area contributed by atoms with Crippen LogP contribution in [0.5, 0.6) is 0 Å². The van der Waals surface area contributed by atoms with Gasteiger partial charge in [0.05, 0.1) is 17.2 Å². The fourth-order valence-electron chi connectivity index (χ4n) is 0.924. The van der Waals surface area contributed by atoms with Gasteiger partial charge in [0.25, 0.3) is 0 Å². The van der Waals surface area contributed by atoms with E-state index in [1.54, 1.807) is 24.2 Å². The second-order valence-electron chi connectivity index (χ2n) is 2.79. The molecule has 0 aliphatic rings. The van der Waals surface area contributed by atoms with Gasteiger partial charge in [0, 0.05) is 23.0 Å². The lowest BCUT2D eigenvalue weighted by molar-refractivity contribution is 0.811. The van der Waals surface area contributed by atoms with Crippen molar-refractivity contribution in [2.24, 2.45) is 5.92 Å². The average molecular weight is 238 g/mol. The summed E-state index contributed by atoms with van der Waals surface area (Å²) < 4.78 is 0. The van der Waals surface area contributed by atoms with Crippen LogP contribution in [0.1, 0.15) is 6.42 Å². The van der Waals surface area contributed by atoms with Gasteiger partial charge in [-0.15, -0.1) is 11.8 Å². The van der Waals surface area contributed by atoms with Crippen molar-refractivity contribution in [3.05, 3.63) is 23.5 Å². The molecule has 0 saturated carbocycles. The molecule has 1 heterocycles. The molecule has 0 unspecified atom stereocenters. The maximum Gasteiger partial charge on any atom is 0.134 e. The smallest absolute Gasteiger partial charge is 0.134 e. The molecule has 76 valence electrons. The second kappa shape index (κ2) is 6.29. The first-order valence-corrected chi connectivity index (χ1v) is 5.65. The standard InChI is InChI=1S/C10H8ClN3S/c11-9-3-10(7-14-6-9)15-2-1-8(4-12)5-13/h3,6-8H,1-2H2. The van der Waals surface area contributed by atoms with Crippen LogP contribution >= 0.6 is 23.4 Å². The third-order valence-electron chi connectivity index (χ3n) is 1.67. The van der Waals surface area contributed by atoms with Gasteiger partial charge in [-0.3, -0.25) is 4.98 Å². The van der Waals surface area contributed by atoms with Crippen LogP contribution in [0.4, 0.5) is 0 Å². The van der Waals surface area contributed by atoms with Crippen LogP contribution in [0.2, 0.25) is 5.02 Å². The Kier molecular flexibility index (Phi) is 4.97. The van der Waals surface area contributed by atoms with Crippen molar-refractivity contribution in [1.82, 2.24) is 4.98 Å². The Balaban J connectivity index is 2.39. The first-order chi connectivity index (χ1) is 7.26. The van der Waals surface area contributed by atoms with Crippen molar-refractivity contribution >= 4 is 23.4 Å². The third kappa shape index (κ3) is 4.20. The van der Waals surface area contributed by atoms with Crippen LogP contribution in [0.25, 0.3) is 0 Å². The molecule has 0 radical (unpaired) electrons. The topological polar surface area (TPSA) is 60.5 Å². The highest BCUT2D eigenvalue weighted by molar-refractivity contribution is 7.99. The fraction of sp³-hybridized carbons (Fsp3) is 0.300. The highest BCUT2D eigenvalue weighted by Gasteiger charge is 2.05. The Bertz CT molecular complexity index is 394. The van der Waals surface area contributed by atoms with E-state index in [2.05, 4.69) is 4.98 Å². The van der Waals surface area contributed by atoms with Gasteiger partial charge in [0.15, 0.2) is 0 Å². The number of hydrogen-bond donors (Lipinski definition) is 0. The molecule has 1 aromatic heterocycles.